The molecule has 5 nitrogen and oxygen atoms in total. The number of hydrogen-bond donors (Lipinski definition) is 0. The molecule has 2 aromatic carbocycles. The Bertz CT molecular complexity index is 1030. The minimum absolute atomic E-state index is 0.146. The minimum Gasteiger partial charge on any atom is -0.489 e. The van der Waals surface area contributed by atoms with Crippen molar-refractivity contribution >= 4 is 11.5 Å². The van der Waals surface area contributed by atoms with Crippen LogP contribution in [0.15, 0.2) is 72.9 Å². The first-order valence-corrected chi connectivity index (χ1v) is 9.39. The van der Waals surface area contributed by atoms with Crippen LogP contribution in [0.4, 0.5) is 4.39 Å². The summed E-state index contributed by atoms with van der Waals surface area (Å²) >= 11 is 0. The van der Waals surface area contributed by atoms with E-state index in [1.54, 1.807) is 25.3 Å². The fraction of sp³-hybridized carbons (Fsp3) is 0.167. The molecule has 0 aliphatic carbocycles. The lowest BCUT2D eigenvalue weighted by Crippen LogP contribution is -2.07. The zero-order chi connectivity index (χ0) is 21.3. The highest BCUT2D eigenvalue weighted by Crippen LogP contribution is 2.26. The lowest BCUT2D eigenvalue weighted by molar-refractivity contribution is -0.133. The van der Waals surface area contributed by atoms with E-state index < -0.39 is 11.8 Å². The first-order chi connectivity index (χ1) is 14.6. The number of halogens is 1. The summed E-state index contributed by atoms with van der Waals surface area (Å²) in [6.07, 6.45) is 3.36. The Balaban J connectivity index is 1.73. The van der Waals surface area contributed by atoms with Crippen LogP contribution in [0.3, 0.4) is 0 Å². The van der Waals surface area contributed by atoms with E-state index in [1.165, 1.54) is 19.2 Å². The Kier molecular flexibility index (Phi) is 7.16. The molecular formula is C24H22FNO4. The second-order valence-electron chi connectivity index (χ2n) is 6.37. The Morgan fingerprint density at radius 1 is 1.00 bits per heavy atom. The van der Waals surface area contributed by atoms with Gasteiger partial charge in [0, 0.05) is 24.4 Å². The van der Waals surface area contributed by atoms with Crippen LogP contribution in [0.1, 0.15) is 23.7 Å². The van der Waals surface area contributed by atoms with Crippen LogP contribution >= 0.6 is 0 Å². The predicted octanol–water partition coefficient (Wildman–Crippen LogP) is 4.96. The summed E-state index contributed by atoms with van der Waals surface area (Å²) in [5.74, 6) is -0.241. The quantitative estimate of drug-likeness (QED) is 0.390. The van der Waals surface area contributed by atoms with E-state index in [0.717, 1.165) is 11.3 Å². The third kappa shape index (κ3) is 5.44. The molecule has 0 bridgehead atoms. The molecule has 1 aromatic heterocycles. The molecule has 0 atom stereocenters. The number of hydrogen-bond acceptors (Lipinski definition) is 5. The number of nitrogens with zero attached hydrogens (tertiary/aromatic N) is 1. The maximum atomic E-state index is 14.0. The van der Waals surface area contributed by atoms with Gasteiger partial charge in [-0.25, -0.2) is 9.18 Å². The highest BCUT2D eigenvalue weighted by atomic mass is 19.1. The van der Waals surface area contributed by atoms with Gasteiger partial charge in [0.15, 0.2) is 0 Å². The molecule has 0 spiro atoms. The van der Waals surface area contributed by atoms with Gasteiger partial charge in [0.2, 0.25) is 0 Å². The van der Waals surface area contributed by atoms with Crippen LogP contribution in [-0.2, 0) is 22.7 Å². The van der Waals surface area contributed by atoms with Gasteiger partial charge in [-0.1, -0.05) is 36.4 Å². The molecule has 3 aromatic rings. The molecular weight excluding hydrogens is 385 g/mol. The maximum Gasteiger partial charge on any atom is 0.338 e. The largest absolute Gasteiger partial charge is 0.489 e. The van der Waals surface area contributed by atoms with Crippen LogP contribution in [0, 0.1) is 5.82 Å². The van der Waals surface area contributed by atoms with E-state index in [1.807, 2.05) is 42.5 Å². The number of pyridine rings is 1. The van der Waals surface area contributed by atoms with E-state index in [2.05, 4.69) is 4.98 Å². The van der Waals surface area contributed by atoms with Crippen LogP contribution in [0.2, 0.25) is 0 Å². The summed E-state index contributed by atoms with van der Waals surface area (Å²) in [6.45, 7) is 2.13. The van der Waals surface area contributed by atoms with Crippen molar-refractivity contribution in [2.24, 2.45) is 0 Å². The zero-order valence-electron chi connectivity index (χ0n) is 16.8. The topological polar surface area (TPSA) is 57.7 Å². The molecule has 0 aliphatic heterocycles. The maximum absolute atomic E-state index is 14.0. The number of benzene rings is 2. The fourth-order valence-electron chi connectivity index (χ4n) is 2.91. The summed E-state index contributed by atoms with van der Waals surface area (Å²) in [4.78, 5) is 16.2. The third-order valence-corrected chi connectivity index (χ3v) is 4.35. The number of carbonyl (C=O) groups excluding carboxylic acids is 1. The Hall–Kier alpha value is -3.67. The standard InChI is InChI=1S/C24H22FNO4/c1-3-22(24(27)28-2)23-10-5-4-8-17(23)15-29-20-12-18(25)13-21(14-20)30-16-19-9-6-7-11-26-19/h3-14H,15-16H2,1-2H3. The first-order valence-electron chi connectivity index (χ1n) is 9.39. The third-order valence-electron chi connectivity index (χ3n) is 4.35. The second kappa shape index (κ2) is 10.2. The Morgan fingerprint density at radius 3 is 2.37 bits per heavy atom. The lowest BCUT2D eigenvalue weighted by atomic mass is 10.00. The molecule has 3 rings (SSSR count). The van der Waals surface area contributed by atoms with E-state index in [-0.39, 0.29) is 13.2 Å². The number of rotatable bonds is 8. The number of ether oxygens (including phenoxy) is 3. The van der Waals surface area contributed by atoms with Crippen LogP contribution in [-0.4, -0.2) is 18.1 Å². The van der Waals surface area contributed by atoms with Gasteiger partial charge < -0.3 is 14.2 Å². The summed E-state index contributed by atoms with van der Waals surface area (Å²) < 4.78 is 30.3. The number of allylic oxidation sites excluding steroid dienone is 1. The molecule has 30 heavy (non-hydrogen) atoms. The van der Waals surface area contributed by atoms with Gasteiger partial charge >= 0.3 is 5.97 Å². The van der Waals surface area contributed by atoms with E-state index >= 15 is 0 Å². The average Bonchev–Trinajstić information content (AvgIpc) is 2.78. The highest BCUT2D eigenvalue weighted by Gasteiger charge is 2.15. The van der Waals surface area contributed by atoms with Crippen LogP contribution in [0.5, 0.6) is 11.5 Å². The van der Waals surface area contributed by atoms with Gasteiger partial charge in [-0.3, -0.25) is 4.98 Å². The SMILES string of the molecule is CC=C(C(=O)OC)c1ccccc1COc1cc(F)cc(OCc2ccccn2)c1. The van der Waals surface area contributed by atoms with Crippen molar-refractivity contribution in [3.63, 3.8) is 0 Å². The van der Waals surface area contributed by atoms with Gasteiger partial charge in [0.1, 0.15) is 30.5 Å². The van der Waals surface area contributed by atoms with E-state index in [0.29, 0.717) is 22.6 Å². The Morgan fingerprint density at radius 2 is 1.70 bits per heavy atom. The second-order valence-corrected chi connectivity index (χ2v) is 6.37. The summed E-state index contributed by atoms with van der Waals surface area (Å²) in [6, 6.07) is 17.0. The minimum atomic E-state index is -0.472. The van der Waals surface area contributed by atoms with Crippen molar-refractivity contribution in [3.05, 3.63) is 95.6 Å². The number of carbonyl (C=O) groups is 1. The van der Waals surface area contributed by atoms with Crippen molar-refractivity contribution in [3.8, 4) is 11.5 Å². The molecule has 0 fully saturated rings. The van der Waals surface area contributed by atoms with Gasteiger partial charge in [-0.15, -0.1) is 0 Å². The Labute approximate surface area is 174 Å². The van der Waals surface area contributed by atoms with Crippen molar-refractivity contribution < 1.29 is 23.4 Å². The average molecular weight is 407 g/mol. The molecule has 1 heterocycles. The number of aromatic nitrogens is 1. The molecule has 0 radical (unpaired) electrons. The molecule has 0 saturated heterocycles. The molecule has 6 heteroatoms. The van der Waals surface area contributed by atoms with Gasteiger partial charge in [0.25, 0.3) is 0 Å². The molecule has 0 amide bonds. The molecule has 0 aliphatic rings. The van der Waals surface area contributed by atoms with Crippen molar-refractivity contribution in [2.75, 3.05) is 7.11 Å². The van der Waals surface area contributed by atoms with Gasteiger partial charge in [-0.05, 0) is 30.2 Å². The van der Waals surface area contributed by atoms with Crippen molar-refractivity contribution in [1.82, 2.24) is 4.98 Å². The predicted molar refractivity (Wildman–Crippen MR) is 111 cm³/mol. The van der Waals surface area contributed by atoms with Crippen molar-refractivity contribution in [1.29, 1.82) is 0 Å². The smallest absolute Gasteiger partial charge is 0.338 e. The monoisotopic (exact) mass is 407 g/mol. The normalized spacial score (nSPS) is 11.1. The summed E-state index contributed by atoms with van der Waals surface area (Å²) in [7, 11) is 1.34. The molecule has 154 valence electrons. The fourth-order valence-corrected chi connectivity index (χ4v) is 2.91. The zero-order valence-corrected chi connectivity index (χ0v) is 16.8. The van der Waals surface area contributed by atoms with E-state index in [4.69, 9.17) is 14.2 Å². The van der Waals surface area contributed by atoms with E-state index in [9.17, 15) is 9.18 Å². The van der Waals surface area contributed by atoms with Gasteiger partial charge in [0.05, 0.1) is 18.4 Å². The van der Waals surface area contributed by atoms with Crippen molar-refractivity contribution in [2.45, 2.75) is 20.1 Å². The van der Waals surface area contributed by atoms with Gasteiger partial charge in [-0.2, -0.15) is 0 Å². The number of methoxy groups -OCH3 is 1. The molecule has 0 unspecified atom stereocenters. The molecule has 0 saturated carbocycles. The number of esters is 1. The highest BCUT2D eigenvalue weighted by molar-refractivity contribution is 6.16. The molecule has 0 N–H and O–H groups in total. The first kappa shape index (κ1) is 21.0. The van der Waals surface area contributed by atoms with Crippen LogP contribution < -0.4 is 9.47 Å². The summed E-state index contributed by atoms with van der Waals surface area (Å²) in [5, 5.41) is 0. The summed E-state index contributed by atoms with van der Waals surface area (Å²) in [5.41, 5.74) is 2.65. The van der Waals surface area contributed by atoms with Crippen LogP contribution in [0.25, 0.3) is 5.57 Å². The lowest BCUT2D eigenvalue weighted by Gasteiger charge is -2.14.